The Morgan fingerprint density at radius 2 is 1.59 bits per heavy atom. The number of rotatable bonds is 6. The number of fused-ring (bicyclic) bond motifs is 1. The van der Waals surface area contributed by atoms with Crippen LogP contribution in [0.4, 0.5) is 0 Å². The van der Waals surface area contributed by atoms with Crippen LogP contribution in [0.2, 0.25) is 0 Å². The lowest BCUT2D eigenvalue weighted by Gasteiger charge is -2.26. The molecule has 164 valence electrons. The van der Waals surface area contributed by atoms with Crippen LogP contribution in [0.1, 0.15) is 79.2 Å². The number of hydrogen-bond acceptors (Lipinski definition) is 0. The zero-order valence-corrected chi connectivity index (χ0v) is 19.7. The van der Waals surface area contributed by atoms with Gasteiger partial charge in [0, 0.05) is 5.92 Å². The predicted octanol–water partition coefficient (Wildman–Crippen LogP) is 8.67. The minimum Gasteiger partial charge on any atom is -0.0726 e. The quantitative estimate of drug-likeness (QED) is 0.438. The van der Waals surface area contributed by atoms with Gasteiger partial charge in [0.25, 0.3) is 0 Å². The van der Waals surface area contributed by atoms with Crippen molar-refractivity contribution in [2.75, 3.05) is 0 Å². The van der Waals surface area contributed by atoms with Gasteiger partial charge in [-0.3, -0.25) is 0 Å². The molecule has 2 aromatic rings. The largest absolute Gasteiger partial charge is 0.0726 e. The second-order valence-electron chi connectivity index (χ2n) is 9.95. The van der Waals surface area contributed by atoms with Crippen molar-refractivity contribution in [1.82, 2.24) is 0 Å². The van der Waals surface area contributed by atoms with E-state index in [9.17, 15) is 0 Å². The molecule has 0 heteroatoms. The Labute approximate surface area is 194 Å². The molecule has 0 radical (unpaired) electrons. The Morgan fingerprint density at radius 3 is 2.34 bits per heavy atom. The van der Waals surface area contributed by atoms with E-state index in [4.69, 9.17) is 0 Å². The van der Waals surface area contributed by atoms with Gasteiger partial charge >= 0.3 is 0 Å². The maximum atomic E-state index is 2.45. The zero-order chi connectivity index (χ0) is 21.9. The lowest BCUT2D eigenvalue weighted by Crippen LogP contribution is -2.10. The lowest BCUT2D eigenvalue weighted by molar-refractivity contribution is 0.442. The molecule has 5 rings (SSSR count). The van der Waals surface area contributed by atoms with E-state index in [0.29, 0.717) is 5.92 Å². The van der Waals surface area contributed by atoms with Crippen molar-refractivity contribution in [2.45, 2.75) is 71.1 Å². The molecule has 1 saturated carbocycles. The van der Waals surface area contributed by atoms with Crippen molar-refractivity contribution >= 4 is 5.57 Å². The molecule has 0 nitrogen and oxygen atoms in total. The van der Waals surface area contributed by atoms with Gasteiger partial charge in [-0.25, -0.2) is 0 Å². The summed E-state index contributed by atoms with van der Waals surface area (Å²) in [4.78, 5) is 0. The Balaban J connectivity index is 1.37. The van der Waals surface area contributed by atoms with Gasteiger partial charge in [-0.05, 0) is 83.1 Å². The molecule has 1 atom stereocenters. The van der Waals surface area contributed by atoms with Crippen LogP contribution >= 0.6 is 0 Å². The van der Waals surface area contributed by atoms with Crippen molar-refractivity contribution in [3.8, 4) is 0 Å². The van der Waals surface area contributed by atoms with Crippen molar-refractivity contribution in [1.29, 1.82) is 0 Å². The summed E-state index contributed by atoms with van der Waals surface area (Å²) in [6, 6.07) is 16.5. The fourth-order valence-corrected chi connectivity index (χ4v) is 5.97. The molecule has 0 heterocycles. The van der Waals surface area contributed by atoms with E-state index in [-0.39, 0.29) is 0 Å². The van der Waals surface area contributed by atoms with E-state index in [2.05, 4.69) is 86.7 Å². The Kier molecular flexibility index (Phi) is 6.30. The maximum absolute atomic E-state index is 2.45. The fraction of sp³-hybridized carbons (Fsp3) is 0.375. The van der Waals surface area contributed by atoms with Crippen LogP contribution in [-0.4, -0.2) is 0 Å². The average molecular weight is 421 g/mol. The van der Waals surface area contributed by atoms with Crippen LogP contribution in [0.3, 0.4) is 0 Å². The number of hydrogen-bond donors (Lipinski definition) is 0. The highest BCUT2D eigenvalue weighted by Gasteiger charge is 2.26. The molecule has 0 amide bonds. The van der Waals surface area contributed by atoms with E-state index in [1.807, 2.05) is 0 Å². The zero-order valence-electron chi connectivity index (χ0n) is 19.7. The minimum absolute atomic E-state index is 0.398. The molecule has 1 fully saturated rings. The monoisotopic (exact) mass is 420 g/mol. The van der Waals surface area contributed by atoms with E-state index in [1.165, 1.54) is 77.5 Å². The van der Waals surface area contributed by atoms with Gasteiger partial charge in [0.05, 0.1) is 0 Å². The minimum atomic E-state index is 0.398. The third-order valence-corrected chi connectivity index (χ3v) is 7.68. The van der Waals surface area contributed by atoms with Gasteiger partial charge in [-0.2, -0.15) is 0 Å². The first-order valence-electron chi connectivity index (χ1n) is 12.7. The van der Waals surface area contributed by atoms with Gasteiger partial charge in [-0.1, -0.05) is 105 Å². The van der Waals surface area contributed by atoms with Crippen molar-refractivity contribution < 1.29 is 0 Å². The summed E-state index contributed by atoms with van der Waals surface area (Å²) in [7, 11) is 0. The van der Waals surface area contributed by atoms with Gasteiger partial charge in [-0.15, -0.1) is 0 Å². The summed E-state index contributed by atoms with van der Waals surface area (Å²) in [5.74, 6) is 1.18. The van der Waals surface area contributed by atoms with E-state index >= 15 is 0 Å². The van der Waals surface area contributed by atoms with Gasteiger partial charge in [0.2, 0.25) is 0 Å². The van der Waals surface area contributed by atoms with Crippen LogP contribution < -0.4 is 0 Å². The SMILES string of the molecule is CCCc1ccc(C2=CC=C(Cc3ccc(C4CCCCC4)c(C)c3)C3=CC=CC32)cc1. The number of allylic oxidation sites excluding steroid dienone is 8. The average Bonchev–Trinajstić information content (AvgIpc) is 3.31. The first-order chi connectivity index (χ1) is 15.7. The predicted molar refractivity (Wildman–Crippen MR) is 138 cm³/mol. The standard InChI is InChI=1S/C32H36/c1-3-8-24-13-16-27(17-14-24)31-20-18-28(30-11-7-12-32(30)31)22-25-15-19-29(23(2)21-25)26-9-5-4-6-10-26/h7,11-21,26,32H,3-6,8-10,22H2,1-2H3. The second kappa shape index (κ2) is 9.49. The van der Waals surface area contributed by atoms with E-state index in [0.717, 1.165) is 18.8 Å². The third kappa shape index (κ3) is 4.33. The first kappa shape index (κ1) is 21.3. The first-order valence-corrected chi connectivity index (χ1v) is 12.7. The molecule has 0 saturated heterocycles. The molecule has 1 unspecified atom stereocenters. The highest BCUT2D eigenvalue weighted by molar-refractivity contribution is 5.78. The molecular formula is C32H36. The van der Waals surface area contributed by atoms with Crippen molar-refractivity contribution in [3.05, 3.63) is 112 Å². The summed E-state index contributed by atoms with van der Waals surface area (Å²) >= 11 is 0. The Bertz CT molecular complexity index is 1080. The maximum Gasteiger partial charge on any atom is 0.0281 e. The second-order valence-corrected chi connectivity index (χ2v) is 9.95. The Morgan fingerprint density at radius 1 is 0.812 bits per heavy atom. The molecule has 2 aromatic carbocycles. The smallest absolute Gasteiger partial charge is 0.0281 e. The van der Waals surface area contributed by atoms with E-state index in [1.54, 1.807) is 5.56 Å². The summed E-state index contributed by atoms with van der Waals surface area (Å²) in [6.45, 7) is 4.57. The molecule has 0 aromatic heterocycles. The lowest BCUT2D eigenvalue weighted by atomic mass is 9.78. The summed E-state index contributed by atoms with van der Waals surface area (Å²) < 4.78 is 0. The summed E-state index contributed by atoms with van der Waals surface area (Å²) in [6.07, 6.45) is 22.0. The molecule has 0 aliphatic heterocycles. The van der Waals surface area contributed by atoms with Crippen LogP contribution in [0.5, 0.6) is 0 Å². The number of aryl methyl sites for hydroxylation is 2. The molecule has 3 aliphatic carbocycles. The van der Waals surface area contributed by atoms with Crippen molar-refractivity contribution in [2.24, 2.45) is 5.92 Å². The summed E-state index contributed by atoms with van der Waals surface area (Å²) in [5.41, 5.74) is 11.7. The third-order valence-electron chi connectivity index (χ3n) is 7.68. The van der Waals surface area contributed by atoms with Crippen LogP contribution in [0.15, 0.2) is 84.0 Å². The highest BCUT2D eigenvalue weighted by atomic mass is 14.3. The molecule has 0 N–H and O–H groups in total. The van der Waals surface area contributed by atoms with E-state index < -0.39 is 0 Å². The highest BCUT2D eigenvalue weighted by Crippen LogP contribution is 2.42. The topological polar surface area (TPSA) is 0 Å². The molecule has 3 aliphatic rings. The van der Waals surface area contributed by atoms with Gasteiger partial charge in [0.1, 0.15) is 0 Å². The van der Waals surface area contributed by atoms with Crippen molar-refractivity contribution in [3.63, 3.8) is 0 Å². The molecule has 0 spiro atoms. The molecular weight excluding hydrogens is 384 g/mol. The van der Waals surface area contributed by atoms with Crippen LogP contribution in [0, 0.1) is 12.8 Å². The fourth-order valence-electron chi connectivity index (χ4n) is 5.97. The normalized spacial score (nSPS) is 20.6. The van der Waals surface area contributed by atoms with Crippen LogP contribution in [0.25, 0.3) is 5.57 Å². The number of benzene rings is 2. The molecule has 32 heavy (non-hydrogen) atoms. The Hall–Kier alpha value is -2.60. The van der Waals surface area contributed by atoms with Gasteiger partial charge < -0.3 is 0 Å². The van der Waals surface area contributed by atoms with Crippen LogP contribution in [-0.2, 0) is 12.8 Å². The summed E-state index contributed by atoms with van der Waals surface area (Å²) in [5, 5.41) is 0. The van der Waals surface area contributed by atoms with Gasteiger partial charge in [0.15, 0.2) is 0 Å². The molecule has 0 bridgehead atoms.